The number of para-hydroxylation sites is 1. The fourth-order valence-electron chi connectivity index (χ4n) is 2.99. The van der Waals surface area contributed by atoms with Crippen LogP contribution in [0.5, 0.6) is 11.5 Å². The summed E-state index contributed by atoms with van der Waals surface area (Å²) in [7, 11) is 0. The number of carbonyl (C=O) groups is 1. The summed E-state index contributed by atoms with van der Waals surface area (Å²) in [6.07, 6.45) is 1.72. The van der Waals surface area contributed by atoms with Crippen LogP contribution in [-0.4, -0.2) is 20.7 Å². The van der Waals surface area contributed by atoms with Gasteiger partial charge in [0.2, 0.25) is 5.78 Å². The van der Waals surface area contributed by atoms with E-state index in [9.17, 15) is 9.90 Å². The van der Waals surface area contributed by atoms with Crippen molar-refractivity contribution >= 4 is 11.9 Å². The molecule has 0 aliphatic carbocycles. The molecule has 4 rings (SSSR count). The Balaban J connectivity index is 1.76. The van der Waals surface area contributed by atoms with Crippen molar-refractivity contribution in [2.75, 3.05) is 0 Å². The lowest BCUT2D eigenvalue weighted by atomic mass is 10.1. The molecule has 3 aromatic rings. The molecular weight excluding hydrogens is 316 g/mol. The van der Waals surface area contributed by atoms with E-state index in [1.54, 1.807) is 12.1 Å². The lowest BCUT2D eigenvalue weighted by molar-refractivity contribution is 0.101. The monoisotopic (exact) mass is 332 g/mol. The summed E-state index contributed by atoms with van der Waals surface area (Å²) in [6.45, 7) is 3.86. The molecule has 0 unspecified atom stereocenters. The maximum Gasteiger partial charge on any atom is 0.231 e. The van der Waals surface area contributed by atoms with Gasteiger partial charge in [0.05, 0.1) is 16.9 Å². The van der Waals surface area contributed by atoms with Crippen LogP contribution >= 0.6 is 0 Å². The second-order valence-electron chi connectivity index (χ2n) is 5.95. The molecule has 1 aliphatic heterocycles. The fraction of sp³-hybridized carbons (Fsp3) is 0.100. The van der Waals surface area contributed by atoms with Crippen LogP contribution in [-0.2, 0) is 0 Å². The summed E-state index contributed by atoms with van der Waals surface area (Å²) in [5.41, 5.74) is 3.99. The predicted molar refractivity (Wildman–Crippen MR) is 94.1 cm³/mol. The van der Waals surface area contributed by atoms with Crippen LogP contribution < -0.4 is 4.74 Å². The first kappa shape index (κ1) is 15.2. The van der Waals surface area contributed by atoms with Crippen molar-refractivity contribution in [3.8, 4) is 17.2 Å². The molecule has 0 spiro atoms. The number of hydrogen-bond donors (Lipinski definition) is 1. The molecule has 0 radical (unpaired) electrons. The van der Waals surface area contributed by atoms with Gasteiger partial charge in [0, 0.05) is 17.3 Å². The lowest BCUT2D eigenvalue weighted by Gasteiger charge is -2.04. The Morgan fingerprint density at radius 2 is 1.88 bits per heavy atom. The topological polar surface area (TPSA) is 64.3 Å². The van der Waals surface area contributed by atoms with Crippen LogP contribution in [0.1, 0.15) is 27.3 Å². The number of aromatic hydroxyl groups is 1. The van der Waals surface area contributed by atoms with Gasteiger partial charge in [-0.05, 0) is 44.2 Å². The van der Waals surface area contributed by atoms with E-state index >= 15 is 0 Å². The molecule has 1 N–H and O–H groups in total. The number of ketones is 1. The van der Waals surface area contributed by atoms with E-state index in [1.807, 2.05) is 48.9 Å². The number of rotatable bonds is 2. The predicted octanol–water partition coefficient (Wildman–Crippen LogP) is 3.81. The van der Waals surface area contributed by atoms with Crippen molar-refractivity contribution in [3.05, 3.63) is 76.8 Å². The Bertz CT molecular complexity index is 1020. The number of aromatic nitrogens is 2. The van der Waals surface area contributed by atoms with Gasteiger partial charge < -0.3 is 9.84 Å². The van der Waals surface area contributed by atoms with Crippen LogP contribution in [0, 0.1) is 13.8 Å². The number of carbonyl (C=O) groups excluding carboxylic acids is 1. The zero-order chi connectivity index (χ0) is 17.6. The molecule has 5 heteroatoms. The summed E-state index contributed by atoms with van der Waals surface area (Å²) in [6, 6.07) is 14.3. The Hall–Kier alpha value is -3.34. The highest BCUT2D eigenvalue weighted by atomic mass is 16.5. The third-order valence-electron chi connectivity index (χ3n) is 4.28. The maximum atomic E-state index is 12.5. The molecule has 0 saturated carbocycles. The van der Waals surface area contributed by atoms with E-state index in [4.69, 9.17) is 4.74 Å². The minimum Gasteiger partial charge on any atom is -0.508 e. The number of Topliss-reactive ketones (excluding diaryl/α,β-unsaturated/α-hetero) is 1. The van der Waals surface area contributed by atoms with Crippen molar-refractivity contribution in [3.63, 3.8) is 0 Å². The van der Waals surface area contributed by atoms with Gasteiger partial charge in [-0.2, -0.15) is 5.10 Å². The van der Waals surface area contributed by atoms with Crippen molar-refractivity contribution in [1.82, 2.24) is 9.78 Å². The van der Waals surface area contributed by atoms with Gasteiger partial charge in [0.25, 0.3) is 0 Å². The molecule has 1 aromatic heterocycles. The SMILES string of the molecule is Cc1nn(-c2ccccc2)c(C)c1C=C1Oc2cc(O)ccc2C1=O. The van der Waals surface area contributed by atoms with Gasteiger partial charge in [-0.15, -0.1) is 0 Å². The molecule has 25 heavy (non-hydrogen) atoms. The molecule has 0 atom stereocenters. The van der Waals surface area contributed by atoms with Crippen molar-refractivity contribution in [2.45, 2.75) is 13.8 Å². The molecule has 124 valence electrons. The van der Waals surface area contributed by atoms with Gasteiger partial charge >= 0.3 is 0 Å². The third kappa shape index (κ3) is 2.50. The van der Waals surface area contributed by atoms with E-state index in [0.29, 0.717) is 11.3 Å². The zero-order valence-corrected chi connectivity index (χ0v) is 13.9. The van der Waals surface area contributed by atoms with E-state index in [2.05, 4.69) is 5.10 Å². The smallest absolute Gasteiger partial charge is 0.231 e. The minimum absolute atomic E-state index is 0.0667. The molecule has 0 saturated heterocycles. The largest absolute Gasteiger partial charge is 0.508 e. The van der Waals surface area contributed by atoms with E-state index in [0.717, 1.165) is 22.6 Å². The number of allylic oxidation sites excluding steroid dienone is 1. The van der Waals surface area contributed by atoms with Crippen LogP contribution in [0.3, 0.4) is 0 Å². The number of phenols is 1. The fourth-order valence-corrected chi connectivity index (χ4v) is 2.99. The minimum atomic E-state index is -0.193. The highest BCUT2D eigenvalue weighted by Crippen LogP contribution is 2.35. The van der Waals surface area contributed by atoms with E-state index in [-0.39, 0.29) is 17.3 Å². The number of nitrogens with zero attached hydrogens (tertiary/aromatic N) is 2. The summed E-state index contributed by atoms with van der Waals surface area (Å²) >= 11 is 0. The van der Waals surface area contributed by atoms with Crippen LogP contribution in [0.15, 0.2) is 54.3 Å². The molecule has 0 bridgehead atoms. The normalized spacial score (nSPS) is 14.6. The first-order valence-corrected chi connectivity index (χ1v) is 7.93. The summed E-state index contributed by atoms with van der Waals surface area (Å²) in [5.74, 6) is 0.486. The third-order valence-corrected chi connectivity index (χ3v) is 4.28. The average molecular weight is 332 g/mol. The van der Waals surface area contributed by atoms with E-state index < -0.39 is 0 Å². The second-order valence-corrected chi connectivity index (χ2v) is 5.95. The van der Waals surface area contributed by atoms with Crippen molar-refractivity contribution in [1.29, 1.82) is 0 Å². The Kier molecular flexibility index (Phi) is 3.42. The number of hydrogen-bond acceptors (Lipinski definition) is 4. The van der Waals surface area contributed by atoms with Crippen molar-refractivity contribution in [2.24, 2.45) is 0 Å². The summed E-state index contributed by atoms with van der Waals surface area (Å²) in [5, 5.41) is 14.1. The molecule has 2 heterocycles. The standard InChI is InChI=1S/C20H16N2O3/c1-12-17(13(2)22(21-12)14-6-4-3-5-7-14)11-19-20(24)16-9-8-15(23)10-18(16)25-19/h3-11,23H,1-2H3. The maximum absolute atomic E-state index is 12.5. The number of phenolic OH excluding ortho intramolecular Hbond substituents is 1. The molecule has 1 aliphatic rings. The molecule has 2 aromatic carbocycles. The van der Waals surface area contributed by atoms with Gasteiger partial charge in [-0.3, -0.25) is 4.79 Å². The molecular formula is C20H16N2O3. The number of fused-ring (bicyclic) bond motifs is 1. The van der Waals surface area contributed by atoms with Gasteiger partial charge in [-0.1, -0.05) is 18.2 Å². The summed E-state index contributed by atoms with van der Waals surface area (Å²) in [4.78, 5) is 12.5. The summed E-state index contributed by atoms with van der Waals surface area (Å²) < 4.78 is 7.49. The van der Waals surface area contributed by atoms with Gasteiger partial charge in [0.1, 0.15) is 11.5 Å². The average Bonchev–Trinajstić information content (AvgIpc) is 3.07. The van der Waals surface area contributed by atoms with Gasteiger partial charge in [0.15, 0.2) is 5.76 Å². The molecule has 5 nitrogen and oxygen atoms in total. The Labute approximate surface area is 144 Å². The molecule has 0 amide bonds. The highest BCUT2D eigenvalue weighted by molar-refractivity contribution is 6.14. The number of aryl methyl sites for hydroxylation is 1. The number of benzene rings is 2. The highest BCUT2D eigenvalue weighted by Gasteiger charge is 2.28. The van der Waals surface area contributed by atoms with Crippen molar-refractivity contribution < 1.29 is 14.6 Å². The second kappa shape index (κ2) is 5.63. The van der Waals surface area contributed by atoms with Crippen LogP contribution in [0.2, 0.25) is 0 Å². The van der Waals surface area contributed by atoms with E-state index in [1.165, 1.54) is 12.1 Å². The van der Waals surface area contributed by atoms with Crippen LogP contribution in [0.25, 0.3) is 11.8 Å². The molecule has 0 fully saturated rings. The Morgan fingerprint density at radius 1 is 1.12 bits per heavy atom. The number of ether oxygens (including phenoxy) is 1. The Morgan fingerprint density at radius 3 is 2.64 bits per heavy atom. The van der Waals surface area contributed by atoms with Crippen LogP contribution in [0.4, 0.5) is 0 Å². The zero-order valence-electron chi connectivity index (χ0n) is 13.9. The van der Waals surface area contributed by atoms with Gasteiger partial charge in [-0.25, -0.2) is 4.68 Å². The first-order valence-electron chi connectivity index (χ1n) is 7.93. The first-order chi connectivity index (χ1) is 12.0. The quantitative estimate of drug-likeness (QED) is 0.725. The lowest BCUT2D eigenvalue weighted by Crippen LogP contribution is -2.00.